The molecule has 57 heavy (non-hydrogen) atoms. The number of nitrogens with one attached hydrogen (secondary N) is 2. The molecule has 316 valence electrons. The van der Waals surface area contributed by atoms with E-state index in [1.807, 2.05) is 0 Å². The molecule has 0 spiro atoms. The molecule has 25 nitrogen and oxygen atoms in total. The number of phosphoric acid groups is 3. The molecule has 1 aromatic carbocycles. The predicted molar refractivity (Wildman–Crippen MR) is 195 cm³/mol. The molecule has 2 amide bonds. The lowest BCUT2D eigenvalue weighted by molar-refractivity contribution is -0.137. The lowest BCUT2D eigenvalue weighted by Crippen LogP contribution is -2.46. The fourth-order valence-corrected chi connectivity index (χ4v) is 8.50. The number of nitrogens with two attached hydrogens (primary N) is 1. The second-order valence-corrected chi connectivity index (χ2v) is 18.1. The Balaban J connectivity index is 1.23. The highest BCUT2D eigenvalue weighted by Gasteiger charge is 2.50. The number of benzene rings is 1. The molecular formula is C28H40N7O18P3S. The SMILES string of the molecule is CC(C)(COP(=O)(O)OP(=O)(O)OC[C@@H]1O[C@H](n2cnc3c(N)ncnc32)[C@@H](O)[C@H]1OP(=O)(O)O)C(O)C(=O)NCCC(=O)NCCSC(=O)c1cccc(O)c1. The number of phosphoric ester groups is 3. The summed E-state index contributed by atoms with van der Waals surface area (Å²) in [7, 11) is -16.4. The molecule has 0 saturated carbocycles. The molecule has 7 atom stereocenters. The van der Waals surface area contributed by atoms with Crippen molar-refractivity contribution in [3.8, 4) is 5.75 Å². The molecule has 1 aliphatic heterocycles. The smallest absolute Gasteiger partial charge is 0.481 e. The van der Waals surface area contributed by atoms with Crippen molar-refractivity contribution in [2.45, 2.75) is 50.9 Å². The molecule has 2 aromatic heterocycles. The van der Waals surface area contributed by atoms with Crippen molar-refractivity contribution in [2.24, 2.45) is 5.41 Å². The molecule has 3 unspecified atom stereocenters. The minimum atomic E-state index is -5.58. The van der Waals surface area contributed by atoms with E-state index in [2.05, 4.69) is 34.4 Å². The highest BCUT2D eigenvalue weighted by atomic mass is 32.2. The first-order chi connectivity index (χ1) is 26.5. The van der Waals surface area contributed by atoms with Crippen LogP contribution in [0.15, 0.2) is 36.9 Å². The molecular weight excluding hydrogens is 847 g/mol. The van der Waals surface area contributed by atoms with Gasteiger partial charge in [0.2, 0.25) is 16.9 Å². The Bertz CT molecular complexity index is 2070. The van der Waals surface area contributed by atoms with E-state index in [1.165, 1.54) is 38.1 Å². The average Bonchev–Trinajstić information content (AvgIpc) is 3.68. The number of aromatic nitrogens is 4. The number of carbonyl (C=O) groups is 3. The Kier molecular flexibility index (Phi) is 15.5. The number of fused-ring (bicyclic) bond motifs is 1. The number of imidazole rings is 1. The summed E-state index contributed by atoms with van der Waals surface area (Å²) < 4.78 is 62.1. The first-order valence-corrected chi connectivity index (χ1v) is 21.8. The summed E-state index contributed by atoms with van der Waals surface area (Å²) in [5.74, 6) is -1.38. The maximum atomic E-state index is 12.7. The van der Waals surface area contributed by atoms with Crippen molar-refractivity contribution in [1.29, 1.82) is 0 Å². The van der Waals surface area contributed by atoms with E-state index in [9.17, 15) is 63.0 Å². The zero-order valence-corrected chi connectivity index (χ0v) is 33.3. The largest absolute Gasteiger partial charge is 0.508 e. The lowest BCUT2D eigenvalue weighted by Gasteiger charge is -2.30. The quantitative estimate of drug-likeness (QED) is 0.0513. The maximum absolute atomic E-state index is 12.7. The number of phenolic OH excluding ortho intramolecular Hbond substituents is 1. The number of rotatable bonds is 20. The Morgan fingerprint density at radius 3 is 2.44 bits per heavy atom. The van der Waals surface area contributed by atoms with Gasteiger partial charge >= 0.3 is 23.5 Å². The topological polar surface area (TPSA) is 384 Å². The molecule has 1 fully saturated rings. The number of nitrogen functional groups attached to an aromatic ring is 1. The van der Waals surface area contributed by atoms with Gasteiger partial charge in [0.15, 0.2) is 17.7 Å². The number of carbonyl (C=O) groups excluding carboxylic acids is 3. The van der Waals surface area contributed by atoms with Crippen LogP contribution in [0.25, 0.3) is 11.2 Å². The van der Waals surface area contributed by atoms with E-state index in [1.54, 1.807) is 0 Å². The van der Waals surface area contributed by atoms with Crippen LogP contribution in [-0.2, 0) is 45.9 Å². The third-order valence-electron chi connectivity index (χ3n) is 7.82. The monoisotopic (exact) mass is 887 g/mol. The first kappa shape index (κ1) is 46.3. The van der Waals surface area contributed by atoms with Crippen molar-refractivity contribution < 1.29 is 85.6 Å². The van der Waals surface area contributed by atoms with Crippen LogP contribution in [-0.4, -0.2) is 128 Å². The normalized spacial score (nSPS) is 21.4. The third-order valence-corrected chi connectivity index (χ3v) is 11.8. The number of ether oxygens (including phenoxy) is 1. The number of phenols is 1. The van der Waals surface area contributed by atoms with E-state index in [0.717, 1.165) is 29.0 Å². The van der Waals surface area contributed by atoms with E-state index >= 15 is 0 Å². The van der Waals surface area contributed by atoms with Gasteiger partial charge in [-0.3, -0.25) is 32.5 Å². The second-order valence-electron chi connectivity index (χ2n) is 12.8. The number of hydrogen-bond donors (Lipinski definition) is 10. The zero-order valence-electron chi connectivity index (χ0n) is 29.8. The molecule has 0 aliphatic carbocycles. The van der Waals surface area contributed by atoms with Crippen molar-refractivity contribution in [3.63, 3.8) is 0 Å². The van der Waals surface area contributed by atoms with Crippen LogP contribution in [0.2, 0.25) is 0 Å². The molecule has 3 aromatic rings. The van der Waals surface area contributed by atoms with Gasteiger partial charge in [-0.2, -0.15) is 4.31 Å². The number of aromatic hydroxyl groups is 1. The van der Waals surface area contributed by atoms with Gasteiger partial charge in [-0.05, 0) is 12.1 Å². The number of nitrogens with zero attached hydrogens (tertiary/aromatic N) is 4. The number of thioether (sulfide) groups is 1. The summed E-state index contributed by atoms with van der Waals surface area (Å²) >= 11 is 0.921. The summed E-state index contributed by atoms with van der Waals surface area (Å²) in [6, 6.07) is 5.77. The van der Waals surface area contributed by atoms with Crippen molar-refractivity contribution in [2.75, 3.05) is 37.8 Å². The van der Waals surface area contributed by atoms with Crippen LogP contribution in [0.5, 0.6) is 5.75 Å². The molecule has 3 heterocycles. The number of anilines is 1. The van der Waals surface area contributed by atoms with Crippen LogP contribution in [0.3, 0.4) is 0 Å². The minimum absolute atomic E-state index is 0.0241. The number of amides is 2. The Morgan fingerprint density at radius 1 is 1.05 bits per heavy atom. The molecule has 1 saturated heterocycles. The van der Waals surface area contributed by atoms with Crippen molar-refractivity contribution >= 4 is 69.1 Å². The summed E-state index contributed by atoms with van der Waals surface area (Å²) in [5, 5.41) is 35.5. The van der Waals surface area contributed by atoms with Gasteiger partial charge in [-0.25, -0.2) is 28.6 Å². The summed E-state index contributed by atoms with van der Waals surface area (Å²) in [4.78, 5) is 87.8. The highest BCUT2D eigenvalue weighted by molar-refractivity contribution is 8.14. The standard InChI is InChI=1S/C28H40N7O18P3S/c1-28(2,22(39)25(40)31-7-6-18(37)30-8-9-57-27(41)15-4-3-5-16(36)10-15)12-50-56(47,48)53-55(45,46)49-11-17-21(52-54(42,43)44)20(38)26(51-17)35-14-34-19-23(29)32-13-33-24(19)35/h3-5,10,13-14,17,20-22,26,36,38-39H,6-9,11-12H2,1-2H3,(H,30,37)(H,31,40)(H,45,46)(H,47,48)(H2,29,32,33)(H2,42,43,44)/t17-,20-,21-,22?,26-/m0/s1. The molecule has 0 bridgehead atoms. The fraction of sp³-hybridized carbons (Fsp3) is 0.500. The lowest BCUT2D eigenvalue weighted by atomic mass is 9.87. The molecule has 1 aliphatic rings. The Hall–Kier alpha value is -3.42. The van der Waals surface area contributed by atoms with E-state index in [-0.39, 0.29) is 53.1 Å². The fourth-order valence-electron chi connectivity index (χ4n) is 4.99. The summed E-state index contributed by atoms with van der Waals surface area (Å²) in [6.45, 7) is 0.309. The summed E-state index contributed by atoms with van der Waals surface area (Å²) in [5.41, 5.74) is 4.51. The molecule has 0 radical (unpaired) electrons. The van der Waals surface area contributed by atoms with E-state index < -0.39 is 84.6 Å². The zero-order chi connectivity index (χ0) is 42.3. The van der Waals surface area contributed by atoms with E-state index in [0.29, 0.717) is 5.56 Å². The van der Waals surface area contributed by atoms with Crippen LogP contribution < -0.4 is 16.4 Å². The third kappa shape index (κ3) is 13.3. The predicted octanol–water partition coefficient (Wildman–Crippen LogP) is -0.316. The highest BCUT2D eigenvalue weighted by Crippen LogP contribution is 2.61. The van der Waals surface area contributed by atoms with Crippen LogP contribution in [0, 0.1) is 5.41 Å². The van der Waals surface area contributed by atoms with E-state index in [4.69, 9.17) is 19.5 Å². The van der Waals surface area contributed by atoms with Crippen LogP contribution in [0.1, 0.15) is 36.9 Å². The van der Waals surface area contributed by atoms with Crippen molar-refractivity contribution in [3.05, 3.63) is 42.5 Å². The Morgan fingerprint density at radius 2 is 1.75 bits per heavy atom. The molecule has 4 rings (SSSR count). The van der Waals surface area contributed by atoms with Gasteiger partial charge in [0, 0.05) is 36.2 Å². The second kappa shape index (κ2) is 19.1. The number of hydrogen-bond acceptors (Lipinski definition) is 19. The Labute approximate surface area is 326 Å². The van der Waals surface area contributed by atoms with Crippen LogP contribution >= 0.6 is 35.2 Å². The van der Waals surface area contributed by atoms with Gasteiger partial charge in [0.05, 0.1) is 19.5 Å². The maximum Gasteiger partial charge on any atom is 0.481 e. The molecule has 29 heteroatoms. The van der Waals surface area contributed by atoms with Gasteiger partial charge < -0.3 is 56.0 Å². The van der Waals surface area contributed by atoms with Crippen LogP contribution in [0.4, 0.5) is 5.82 Å². The minimum Gasteiger partial charge on any atom is -0.508 e. The number of aliphatic hydroxyl groups excluding tert-OH is 2. The van der Waals surface area contributed by atoms with Gasteiger partial charge in [0.1, 0.15) is 42.0 Å². The average molecular weight is 888 g/mol. The summed E-state index contributed by atoms with van der Waals surface area (Å²) in [6.07, 6.45) is -7.03. The van der Waals surface area contributed by atoms with Crippen molar-refractivity contribution in [1.82, 2.24) is 30.2 Å². The molecule has 11 N–H and O–H groups in total. The van der Waals surface area contributed by atoms with Gasteiger partial charge in [-0.15, -0.1) is 0 Å². The first-order valence-electron chi connectivity index (χ1n) is 16.3. The van der Waals surface area contributed by atoms with Gasteiger partial charge in [0.25, 0.3) is 0 Å². The van der Waals surface area contributed by atoms with Gasteiger partial charge in [-0.1, -0.05) is 37.7 Å². The number of aliphatic hydroxyl groups is 2.